The number of H-pyrrole nitrogens is 1. The first kappa shape index (κ1) is 14.8. The van der Waals surface area contributed by atoms with E-state index in [0.29, 0.717) is 30.7 Å². The molecule has 0 aliphatic heterocycles. The van der Waals surface area contributed by atoms with Crippen molar-refractivity contribution >= 4 is 0 Å². The summed E-state index contributed by atoms with van der Waals surface area (Å²) in [6.45, 7) is 5.06. The van der Waals surface area contributed by atoms with Crippen LogP contribution in [0.1, 0.15) is 55.9 Å². The number of nitrogens with one attached hydrogen (secondary N) is 1. The second kappa shape index (κ2) is 6.36. The second-order valence-corrected chi connectivity index (χ2v) is 5.40. The van der Waals surface area contributed by atoms with Crippen molar-refractivity contribution in [1.82, 2.24) is 15.2 Å². The zero-order chi connectivity index (χ0) is 15.5. The van der Waals surface area contributed by atoms with Crippen LogP contribution in [0.25, 0.3) is 0 Å². The zero-order valence-electron chi connectivity index (χ0n) is 13.0. The normalized spacial score (nSPS) is 15.6. The maximum Gasteiger partial charge on any atom is 0.171 e. The van der Waals surface area contributed by atoms with Gasteiger partial charge in [0, 0.05) is 5.92 Å². The van der Waals surface area contributed by atoms with Gasteiger partial charge in [0.15, 0.2) is 17.3 Å². The van der Waals surface area contributed by atoms with Gasteiger partial charge >= 0.3 is 0 Å². The van der Waals surface area contributed by atoms with Crippen molar-refractivity contribution in [3.63, 3.8) is 0 Å². The molecule has 1 saturated carbocycles. The highest BCUT2D eigenvalue weighted by Crippen LogP contribution is 2.38. The van der Waals surface area contributed by atoms with E-state index in [4.69, 9.17) is 15.2 Å². The number of aromatic nitrogens is 3. The third-order valence-electron chi connectivity index (χ3n) is 3.69. The lowest BCUT2D eigenvalue weighted by atomic mass is 10.1. The maximum atomic E-state index is 6.30. The van der Waals surface area contributed by atoms with Gasteiger partial charge in [-0.1, -0.05) is 6.07 Å². The Morgan fingerprint density at radius 2 is 1.95 bits per heavy atom. The summed E-state index contributed by atoms with van der Waals surface area (Å²) in [5, 5.41) is 7.25. The largest absolute Gasteiger partial charge is 0.490 e. The SMILES string of the molecule is CCOc1ccc([C@@H](N)c2n[nH]c(C3CC3)n2)cc1OCC. The van der Waals surface area contributed by atoms with E-state index in [2.05, 4.69) is 15.2 Å². The number of hydrogen-bond acceptors (Lipinski definition) is 5. The quantitative estimate of drug-likeness (QED) is 0.820. The lowest BCUT2D eigenvalue weighted by molar-refractivity contribution is 0.287. The molecule has 1 aliphatic rings. The smallest absolute Gasteiger partial charge is 0.171 e. The third-order valence-corrected chi connectivity index (χ3v) is 3.69. The number of nitrogens with two attached hydrogens (primary N) is 1. The standard InChI is InChI=1S/C16H22N4O2/c1-3-21-12-8-7-11(9-13(12)22-4-2)14(17)16-18-15(19-20-16)10-5-6-10/h7-10,14H,3-6,17H2,1-2H3,(H,18,19,20)/t14-/m1/s1. The van der Waals surface area contributed by atoms with E-state index in [9.17, 15) is 0 Å². The molecular formula is C16H22N4O2. The second-order valence-electron chi connectivity index (χ2n) is 5.40. The molecule has 1 aromatic carbocycles. The molecule has 0 spiro atoms. The molecule has 1 atom stereocenters. The Morgan fingerprint density at radius 3 is 2.64 bits per heavy atom. The van der Waals surface area contributed by atoms with Crippen LogP contribution < -0.4 is 15.2 Å². The Bertz CT molecular complexity index is 637. The Hall–Kier alpha value is -2.08. The summed E-state index contributed by atoms with van der Waals surface area (Å²) in [7, 11) is 0. The summed E-state index contributed by atoms with van der Waals surface area (Å²) in [5.41, 5.74) is 7.21. The molecule has 0 saturated heterocycles. The van der Waals surface area contributed by atoms with E-state index in [0.717, 1.165) is 17.1 Å². The fraction of sp³-hybridized carbons (Fsp3) is 0.500. The summed E-state index contributed by atoms with van der Waals surface area (Å²) < 4.78 is 11.2. The van der Waals surface area contributed by atoms with E-state index >= 15 is 0 Å². The molecule has 1 aromatic heterocycles. The fourth-order valence-electron chi connectivity index (χ4n) is 2.38. The van der Waals surface area contributed by atoms with Crippen molar-refractivity contribution in [1.29, 1.82) is 0 Å². The van der Waals surface area contributed by atoms with Gasteiger partial charge in [0.2, 0.25) is 0 Å². The van der Waals surface area contributed by atoms with E-state index in [1.807, 2.05) is 32.0 Å². The molecule has 22 heavy (non-hydrogen) atoms. The van der Waals surface area contributed by atoms with Gasteiger partial charge in [-0.3, -0.25) is 5.10 Å². The minimum atomic E-state index is -0.376. The predicted octanol–water partition coefficient (Wildman–Crippen LogP) is 2.53. The molecule has 0 bridgehead atoms. The van der Waals surface area contributed by atoms with Crippen LogP contribution in [-0.4, -0.2) is 28.4 Å². The van der Waals surface area contributed by atoms with Gasteiger partial charge in [0.25, 0.3) is 0 Å². The van der Waals surface area contributed by atoms with Crippen molar-refractivity contribution in [3.8, 4) is 11.5 Å². The lowest BCUT2D eigenvalue weighted by Gasteiger charge is -2.14. The van der Waals surface area contributed by atoms with Crippen molar-refractivity contribution < 1.29 is 9.47 Å². The summed E-state index contributed by atoms with van der Waals surface area (Å²) in [5.74, 6) is 3.53. The average molecular weight is 302 g/mol. The van der Waals surface area contributed by atoms with Gasteiger partial charge < -0.3 is 15.2 Å². The number of ether oxygens (including phenoxy) is 2. The van der Waals surface area contributed by atoms with Crippen molar-refractivity contribution in [2.24, 2.45) is 5.73 Å². The van der Waals surface area contributed by atoms with Gasteiger partial charge in [0.1, 0.15) is 5.82 Å². The average Bonchev–Trinajstić information content (AvgIpc) is 3.26. The summed E-state index contributed by atoms with van der Waals surface area (Å²) in [6, 6.07) is 5.36. The summed E-state index contributed by atoms with van der Waals surface area (Å²) >= 11 is 0. The first-order valence-electron chi connectivity index (χ1n) is 7.80. The van der Waals surface area contributed by atoms with Gasteiger partial charge in [-0.05, 0) is 44.4 Å². The molecule has 0 unspecified atom stereocenters. The third kappa shape index (κ3) is 3.06. The number of benzene rings is 1. The number of aromatic amines is 1. The lowest BCUT2D eigenvalue weighted by Crippen LogP contribution is -2.14. The van der Waals surface area contributed by atoms with E-state index < -0.39 is 0 Å². The topological polar surface area (TPSA) is 86.0 Å². The van der Waals surface area contributed by atoms with Gasteiger partial charge in [-0.15, -0.1) is 0 Å². The van der Waals surface area contributed by atoms with Gasteiger partial charge in [-0.2, -0.15) is 5.10 Å². The summed E-state index contributed by atoms with van der Waals surface area (Å²) in [4.78, 5) is 4.52. The highest BCUT2D eigenvalue weighted by atomic mass is 16.5. The molecule has 2 aromatic rings. The Balaban J connectivity index is 1.83. The van der Waals surface area contributed by atoms with Crippen molar-refractivity contribution in [3.05, 3.63) is 35.4 Å². The number of rotatable bonds is 7. The molecule has 6 nitrogen and oxygen atoms in total. The van der Waals surface area contributed by atoms with Gasteiger partial charge in [-0.25, -0.2) is 4.98 Å². The Kier molecular flexibility index (Phi) is 4.29. The van der Waals surface area contributed by atoms with Crippen LogP contribution >= 0.6 is 0 Å². The molecule has 1 aliphatic carbocycles. The van der Waals surface area contributed by atoms with Crippen LogP contribution in [0, 0.1) is 0 Å². The molecule has 3 N–H and O–H groups in total. The van der Waals surface area contributed by atoms with Crippen LogP contribution in [0.4, 0.5) is 0 Å². The maximum absolute atomic E-state index is 6.30. The van der Waals surface area contributed by atoms with Crippen LogP contribution in [-0.2, 0) is 0 Å². The molecule has 1 heterocycles. The monoisotopic (exact) mass is 302 g/mol. The minimum Gasteiger partial charge on any atom is -0.490 e. The minimum absolute atomic E-state index is 0.376. The van der Waals surface area contributed by atoms with Crippen LogP contribution in [0.15, 0.2) is 18.2 Å². The molecule has 3 rings (SSSR count). The number of hydrogen-bond donors (Lipinski definition) is 2. The predicted molar refractivity (Wildman–Crippen MR) is 83.2 cm³/mol. The first-order valence-corrected chi connectivity index (χ1v) is 7.80. The number of nitrogens with zero attached hydrogens (tertiary/aromatic N) is 2. The highest BCUT2D eigenvalue weighted by molar-refractivity contribution is 5.44. The van der Waals surface area contributed by atoms with E-state index in [-0.39, 0.29) is 6.04 Å². The Labute approximate surface area is 130 Å². The van der Waals surface area contributed by atoms with Gasteiger partial charge in [0.05, 0.1) is 19.3 Å². The molecule has 1 fully saturated rings. The van der Waals surface area contributed by atoms with E-state index in [1.165, 1.54) is 12.8 Å². The van der Waals surface area contributed by atoms with Crippen molar-refractivity contribution in [2.45, 2.75) is 38.6 Å². The van der Waals surface area contributed by atoms with E-state index in [1.54, 1.807) is 0 Å². The van der Waals surface area contributed by atoms with Crippen LogP contribution in [0.2, 0.25) is 0 Å². The first-order chi connectivity index (χ1) is 10.7. The Morgan fingerprint density at radius 1 is 1.23 bits per heavy atom. The van der Waals surface area contributed by atoms with Crippen molar-refractivity contribution in [2.75, 3.05) is 13.2 Å². The molecule has 0 amide bonds. The zero-order valence-corrected chi connectivity index (χ0v) is 13.0. The van der Waals surface area contributed by atoms with Crippen LogP contribution in [0.5, 0.6) is 11.5 Å². The highest BCUT2D eigenvalue weighted by Gasteiger charge is 2.28. The molecule has 118 valence electrons. The molecular weight excluding hydrogens is 280 g/mol. The molecule has 0 radical (unpaired) electrons. The fourth-order valence-corrected chi connectivity index (χ4v) is 2.38. The summed E-state index contributed by atoms with van der Waals surface area (Å²) in [6.07, 6.45) is 2.36. The van der Waals surface area contributed by atoms with Crippen LogP contribution in [0.3, 0.4) is 0 Å². The molecule has 6 heteroatoms.